The van der Waals surface area contributed by atoms with Crippen LogP contribution in [0.1, 0.15) is 16.8 Å². The van der Waals surface area contributed by atoms with Gasteiger partial charge in [-0.25, -0.2) is 21.9 Å². The summed E-state index contributed by atoms with van der Waals surface area (Å²) in [5, 5.41) is 2.33. The number of carbonyl (C=O) groups excluding carboxylic acids is 1. The minimum atomic E-state index is -3.90. The lowest BCUT2D eigenvalue weighted by atomic mass is 10.1. The van der Waals surface area contributed by atoms with Crippen molar-refractivity contribution in [3.8, 4) is 5.75 Å². The molecule has 28 heavy (non-hydrogen) atoms. The van der Waals surface area contributed by atoms with E-state index < -0.39 is 27.6 Å². The van der Waals surface area contributed by atoms with Crippen LogP contribution in [0.5, 0.6) is 5.75 Å². The Kier molecular flexibility index (Phi) is 5.92. The van der Waals surface area contributed by atoms with Gasteiger partial charge in [0, 0.05) is 24.4 Å². The lowest BCUT2D eigenvalue weighted by Gasteiger charge is -2.14. The van der Waals surface area contributed by atoms with Gasteiger partial charge in [0.2, 0.25) is 10.0 Å². The Hall–Kier alpha value is -2.56. The van der Waals surface area contributed by atoms with Crippen LogP contribution in [-0.2, 0) is 14.8 Å². The molecule has 1 amide bonds. The van der Waals surface area contributed by atoms with E-state index in [9.17, 15) is 22.0 Å². The molecule has 1 heterocycles. The second kappa shape index (κ2) is 8.21. The molecule has 0 saturated carbocycles. The molecule has 3 rings (SSSR count). The first-order valence-electron chi connectivity index (χ1n) is 8.34. The van der Waals surface area contributed by atoms with Gasteiger partial charge in [-0.2, -0.15) is 0 Å². The van der Waals surface area contributed by atoms with E-state index in [-0.39, 0.29) is 34.5 Å². The monoisotopic (exact) mass is 412 g/mol. The minimum absolute atomic E-state index is 0.0993. The van der Waals surface area contributed by atoms with Crippen LogP contribution >= 0.6 is 0 Å². The van der Waals surface area contributed by atoms with Crippen molar-refractivity contribution in [2.75, 3.05) is 25.6 Å². The molecule has 1 aliphatic rings. The molecule has 1 atom stereocenters. The van der Waals surface area contributed by atoms with Crippen molar-refractivity contribution in [2.45, 2.75) is 17.4 Å². The first kappa shape index (κ1) is 20.2. The number of hydrogen-bond acceptors (Lipinski definition) is 5. The van der Waals surface area contributed by atoms with E-state index in [4.69, 9.17) is 9.47 Å². The average molecular weight is 412 g/mol. The van der Waals surface area contributed by atoms with E-state index >= 15 is 0 Å². The molecule has 7 nitrogen and oxygen atoms in total. The standard InChI is InChI=1S/C18H18F2N2O5S/c1-26-17-3-2-15(28(24,25)22-13-4-5-27-10-13)9-16(17)18(23)21-14-7-11(19)6-12(20)8-14/h2-3,6-9,13,22H,4-5,10H2,1H3,(H,21,23)/t13-/m0/s1. The summed E-state index contributed by atoms with van der Waals surface area (Å²) in [5.74, 6) is -2.39. The summed E-state index contributed by atoms with van der Waals surface area (Å²) in [4.78, 5) is 12.4. The quantitative estimate of drug-likeness (QED) is 0.759. The van der Waals surface area contributed by atoms with Gasteiger partial charge in [0.25, 0.3) is 5.91 Å². The zero-order valence-electron chi connectivity index (χ0n) is 14.9. The number of anilines is 1. The number of carbonyl (C=O) groups is 1. The minimum Gasteiger partial charge on any atom is -0.496 e. The zero-order valence-corrected chi connectivity index (χ0v) is 15.7. The summed E-state index contributed by atoms with van der Waals surface area (Å²) in [5.41, 5.74) is -0.211. The van der Waals surface area contributed by atoms with Gasteiger partial charge in [-0.05, 0) is 36.8 Å². The summed E-state index contributed by atoms with van der Waals surface area (Å²) in [6.45, 7) is 0.738. The number of nitrogens with one attached hydrogen (secondary N) is 2. The zero-order chi connectivity index (χ0) is 20.3. The van der Waals surface area contributed by atoms with Crippen LogP contribution in [0.3, 0.4) is 0 Å². The van der Waals surface area contributed by atoms with E-state index in [0.717, 1.165) is 18.2 Å². The van der Waals surface area contributed by atoms with Crippen molar-refractivity contribution >= 4 is 21.6 Å². The highest BCUT2D eigenvalue weighted by molar-refractivity contribution is 7.89. The lowest BCUT2D eigenvalue weighted by Crippen LogP contribution is -2.35. The van der Waals surface area contributed by atoms with Gasteiger partial charge >= 0.3 is 0 Å². The predicted molar refractivity (Wildman–Crippen MR) is 96.9 cm³/mol. The van der Waals surface area contributed by atoms with Gasteiger partial charge in [-0.3, -0.25) is 4.79 Å². The molecule has 0 unspecified atom stereocenters. The normalized spacial score (nSPS) is 16.8. The van der Waals surface area contributed by atoms with Crippen LogP contribution in [-0.4, -0.2) is 40.7 Å². The molecule has 2 aromatic rings. The van der Waals surface area contributed by atoms with Crippen molar-refractivity contribution in [1.82, 2.24) is 4.72 Å². The van der Waals surface area contributed by atoms with E-state index in [1.54, 1.807) is 0 Å². The van der Waals surface area contributed by atoms with Crippen molar-refractivity contribution in [3.63, 3.8) is 0 Å². The van der Waals surface area contributed by atoms with Gasteiger partial charge in [-0.1, -0.05) is 0 Å². The molecule has 0 bridgehead atoms. The van der Waals surface area contributed by atoms with Gasteiger partial charge in [0.15, 0.2) is 0 Å². The number of amides is 1. The first-order chi connectivity index (χ1) is 13.3. The predicted octanol–water partition coefficient (Wildman–Crippen LogP) is 2.29. The molecule has 0 aliphatic carbocycles. The number of hydrogen-bond donors (Lipinski definition) is 2. The number of benzene rings is 2. The van der Waals surface area contributed by atoms with Gasteiger partial charge < -0.3 is 14.8 Å². The Bertz CT molecular complexity index is 971. The summed E-state index contributed by atoms with van der Waals surface area (Å²) in [7, 11) is -2.58. The third-order valence-electron chi connectivity index (χ3n) is 4.10. The van der Waals surface area contributed by atoms with Gasteiger partial charge in [0.05, 0.1) is 24.2 Å². The molecule has 0 spiro atoms. The number of rotatable bonds is 6. The topological polar surface area (TPSA) is 93.7 Å². The van der Waals surface area contributed by atoms with Gasteiger partial charge in [-0.15, -0.1) is 0 Å². The maximum atomic E-state index is 13.3. The fourth-order valence-electron chi connectivity index (χ4n) is 2.77. The van der Waals surface area contributed by atoms with E-state index in [1.807, 2.05) is 0 Å². The summed E-state index contributed by atoms with van der Waals surface area (Å²) >= 11 is 0. The number of methoxy groups -OCH3 is 1. The number of ether oxygens (including phenoxy) is 2. The Morgan fingerprint density at radius 2 is 1.89 bits per heavy atom. The Morgan fingerprint density at radius 3 is 2.50 bits per heavy atom. The molecule has 0 aromatic heterocycles. The van der Waals surface area contributed by atoms with Crippen LogP contribution in [0.15, 0.2) is 41.3 Å². The third kappa shape index (κ3) is 4.64. The highest BCUT2D eigenvalue weighted by Gasteiger charge is 2.25. The fourth-order valence-corrected chi connectivity index (χ4v) is 4.05. The molecule has 2 aromatic carbocycles. The van der Waals surface area contributed by atoms with Crippen molar-refractivity contribution in [1.29, 1.82) is 0 Å². The SMILES string of the molecule is COc1ccc(S(=O)(=O)N[C@H]2CCOC2)cc1C(=O)Nc1cc(F)cc(F)c1. The van der Waals surface area contributed by atoms with E-state index in [2.05, 4.69) is 10.0 Å². The molecule has 0 radical (unpaired) electrons. The number of halogens is 2. The Balaban J connectivity index is 1.88. The van der Waals surface area contributed by atoms with Crippen molar-refractivity contribution < 1.29 is 31.5 Å². The summed E-state index contributed by atoms with van der Waals surface area (Å²) in [6.07, 6.45) is 0.549. The third-order valence-corrected chi connectivity index (χ3v) is 5.62. The van der Waals surface area contributed by atoms with Gasteiger partial charge in [0.1, 0.15) is 17.4 Å². The largest absolute Gasteiger partial charge is 0.496 e. The van der Waals surface area contributed by atoms with E-state index in [1.165, 1.54) is 19.2 Å². The maximum Gasteiger partial charge on any atom is 0.259 e. The Morgan fingerprint density at radius 1 is 1.18 bits per heavy atom. The van der Waals surface area contributed by atoms with Crippen molar-refractivity contribution in [2.24, 2.45) is 0 Å². The summed E-state index contributed by atoms with van der Waals surface area (Å²) in [6, 6.07) is 5.98. The summed E-state index contributed by atoms with van der Waals surface area (Å²) < 4.78 is 64.6. The molecular weight excluding hydrogens is 394 g/mol. The van der Waals surface area contributed by atoms with E-state index in [0.29, 0.717) is 19.1 Å². The lowest BCUT2D eigenvalue weighted by molar-refractivity contribution is 0.102. The number of sulfonamides is 1. The first-order valence-corrected chi connectivity index (χ1v) is 9.82. The van der Waals surface area contributed by atoms with Crippen LogP contribution in [0, 0.1) is 11.6 Å². The molecular formula is C18H18F2N2O5S. The maximum absolute atomic E-state index is 13.3. The smallest absolute Gasteiger partial charge is 0.259 e. The molecule has 2 N–H and O–H groups in total. The molecule has 1 saturated heterocycles. The fraction of sp³-hybridized carbons (Fsp3) is 0.278. The molecule has 1 aliphatic heterocycles. The highest BCUT2D eigenvalue weighted by atomic mass is 32.2. The molecule has 150 valence electrons. The molecule has 1 fully saturated rings. The highest BCUT2D eigenvalue weighted by Crippen LogP contribution is 2.25. The Labute approximate surface area is 160 Å². The van der Waals surface area contributed by atoms with Crippen LogP contribution in [0.25, 0.3) is 0 Å². The van der Waals surface area contributed by atoms with Crippen LogP contribution < -0.4 is 14.8 Å². The molecule has 10 heteroatoms. The van der Waals surface area contributed by atoms with Crippen LogP contribution in [0.4, 0.5) is 14.5 Å². The van der Waals surface area contributed by atoms with Crippen LogP contribution in [0.2, 0.25) is 0 Å². The second-order valence-electron chi connectivity index (χ2n) is 6.16. The van der Waals surface area contributed by atoms with Crippen molar-refractivity contribution in [3.05, 3.63) is 53.6 Å². The average Bonchev–Trinajstić information content (AvgIpc) is 3.12. The second-order valence-corrected chi connectivity index (χ2v) is 7.87.